The highest BCUT2D eigenvalue weighted by molar-refractivity contribution is 9.08. The number of nitrogens with one attached hydrogen (secondary N) is 1. The molecular formula is C12H17BrN2O. The molecule has 3 nitrogen and oxygen atoms in total. The van der Waals surface area contributed by atoms with Crippen molar-refractivity contribution >= 4 is 21.8 Å². The van der Waals surface area contributed by atoms with Gasteiger partial charge < -0.3 is 10.2 Å². The molecule has 0 aliphatic heterocycles. The normalized spacial score (nSPS) is 10.5. The van der Waals surface area contributed by atoms with Crippen LogP contribution in [0.15, 0.2) is 24.3 Å². The van der Waals surface area contributed by atoms with E-state index in [1.807, 2.05) is 43.3 Å². The van der Waals surface area contributed by atoms with Gasteiger partial charge in [-0.3, -0.25) is 4.79 Å². The van der Waals surface area contributed by atoms with Crippen LogP contribution in [0.1, 0.15) is 15.9 Å². The van der Waals surface area contributed by atoms with E-state index in [1.165, 1.54) is 0 Å². The average molecular weight is 285 g/mol. The Morgan fingerprint density at radius 1 is 1.44 bits per heavy atom. The first-order valence-corrected chi connectivity index (χ1v) is 6.33. The van der Waals surface area contributed by atoms with Gasteiger partial charge in [-0.05, 0) is 31.8 Å². The van der Waals surface area contributed by atoms with E-state index < -0.39 is 0 Å². The first-order valence-electron chi connectivity index (χ1n) is 5.21. The summed E-state index contributed by atoms with van der Waals surface area (Å²) in [6, 6.07) is 7.62. The predicted octanol–water partition coefficient (Wildman–Crippen LogP) is 1.87. The number of likely N-dealkylation sites (N-methyl/N-ethyl adjacent to an activating group) is 1. The minimum Gasteiger partial charge on any atom is -0.351 e. The molecule has 0 radical (unpaired) electrons. The minimum atomic E-state index is -0.00958. The molecule has 88 valence electrons. The summed E-state index contributed by atoms with van der Waals surface area (Å²) in [5.74, 6) is -0.00958. The molecule has 1 amide bonds. The molecule has 1 rings (SSSR count). The summed E-state index contributed by atoms with van der Waals surface area (Å²) in [6.45, 7) is 1.52. The van der Waals surface area contributed by atoms with Crippen molar-refractivity contribution in [3.63, 3.8) is 0 Å². The summed E-state index contributed by atoms with van der Waals surface area (Å²) >= 11 is 3.37. The Bertz CT molecular complexity index is 353. The van der Waals surface area contributed by atoms with Gasteiger partial charge in [-0.1, -0.05) is 28.1 Å². The lowest BCUT2D eigenvalue weighted by atomic mass is 10.1. The Labute approximate surface area is 105 Å². The molecule has 0 aromatic heterocycles. The van der Waals surface area contributed by atoms with E-state index in [4.69, 9.17) is 0 Å². The summed E-state index contributed by atoms with van der Waals surface area (Å²) in [7, 11) is 3.97. The average Bonchev–Trinajstić information content (AvgIpc) is 2.28. The highest BCUT2D eigenvalue weighted by Crippen LogP contribution is 2.08. The minimum absolute atomic E-state index is 0.00958. The van der Waals surface area contributed by atoms with Gasteiger partial charge in [0.1, 0.15) is 0 Å². The predicted molar refractivity (Wildman–Crippen MR) is 70.0 cm³/mol. The van der Waals surface area contributed by atoms with Crippen LogP contribution in [0.2, 0.25) is 0 Å². The fraction of sp³-hybridized carbons (Fsp3) is 0.417. The monoisotopic (exact) mass is 284 g/mol. The fourth-order valence-corrected chi connectivity index (χ4v) is 1.64. The molecule has 1 aromatic rings. The number of hydrogen-bond acceptors (Lipinski definition) is 2. The van der Waals surface area contributed by atoms with Gasteiger partial charge in [0.15, 0.2) is 0 Å². The standard InChI is InChI=1S/C12H17BrN2O/c1-15(2)7-6-14-12(16)11-5-3-4-10(8-11)9-13/h3-5,8H,6-7,9H2,1-2H3,(H,14,16). The first kappa shape index (κ1) is 13.2. The number of carbonyl (C=O) groups excluding carboxylic acids is 1. The Hall–Kier alpha value is -0.870. The topological polar surface area (TPSA) is 32.3 Å². The highest BCUT2D eigenvalue weighted by Gasteiger charge is 2.04. The number of benzene rings is 1. The maximum atomic E-state index is 11.7. The first-order chi connectivity index (χ1) is 7.63. The maximum Gasteiger partial charge on any atom is 0.251 e. The zero-order chi connectivity index (χ0) is 12.0. The number of halogens is 1. The van der Waals surface area contributed by atoms with E-state index in [1.54, 1.807) is 0 Å². The molecule has 0 saturated carbocycles. The van der Waals surface area contributed by atoms with Gasteiger partial charge in [0.05, 0.1) is 0 Å². The van der Waals surface area contributed by atoms with E-state index in [9.17, 15) is 4.79 Å². The number of rotatable bonds is 5. The molecule has 1 N–H and O–H groups in total. The second-order valence-electron chi connectivity index (χ2n) is 3.89. The molecule has 1 aromatic carbocycles. The van der Waals surface area contributed by atoms with E-state index in [0.717, 1.165) is 23.0 Å². The van der Waals surface area contributed by atoms with Gasteiger partial charge in [0.2, 0.25) is 0 Å². The number of carbonyl (C=O) groups is 1. The highest BCUT2D eigenvalue weighted by atomic mass is 79.9. The van der Waals surface area contributed by atoms with Crippen molar-refractivity contribution in [1.29, 1.82) is 0 Å². The van der Waals surface area contributed by atoms with E-state index in [-0.39, 0.29) is 5.91 Å². The molecule has 0 bridgehead atoms. The van der Waals surface area contributed by atoms with Gasteiger partial charge in [0.25, 0.3) is 5.91 Å². The third-order valence-corrected chi connectivity index (χ3v) is 2.84. The molecule has 0 atom stereocenters. The Balaban J connectivity index is 2.52. The third-order valence-electron chi connectivity index (χ3n) is 2.19. The molecule has 16 heavy (non-hydrogen) atoms. The fourth-order valence-electron chi connectivity index (χ4n) is 1.29. The van der Waals surface area contributed by atoms with E-state index in [2.05, 4.69) is 21.2 Å². The number of alkyl halides is 1. The van der Waals surface area contributed by atoms with Crippen LogP contribution in [0.3, 0.4) is 0 Å². The Morgan fingerprint density at radius 3 is 2.81 bits per heavy atom. The van der Waals surface area contributed by atoms with Crippen LogP contribution in [-0.2, 0) is 5.33 Å². The van der Waals surface area contributed by atoms with E-state index in [0.29, 0.717) is 6.54 Å². The van der Waals surface area contributed by atoms with Crippen molar-refractivity contribution in [2.24, 2.45) is 0 Å². The summed E-state index contributed by atoms with van der Waals surface area (Å²) in [5.41, 5.74) is 1.83. The molecule has 0 saturated heterocycles. The molecule has 4 heteroatoms. The van der Waals surface area contributed by atoms with Crippen molar-refractivity contribution in [3.05, 3.63) is 35.4 Å². The van der Waals surface area contributed by atoms with Crippen molar-refractivity contribution in [3.8, 4) is 0 Å². The molecule has 0 spiro atoms. The molecule has 0 aliphatic carbocycles. The Kier molecular flexibility index (Phi) is 5.49. The van der Waals surface area contributed by atoms with Crippen molar-refractivity contribution < 1.29 is 4.79 Å². The molecule has 0 unspecified atom stereocenters. The lowest BCUT2D eigenvalue weighted by molar-refractivity contribution is 0.0951. The molecular weight excluding hydrogens is 268 g/mol. The summed E-state index contributed by atoms with van der Waals surface area (Å²) < 4.78 is 0. The van der Waals surface area contributed by atoms with Crippen LogP contribution >= 0.6 is 15.9 Å². The van der Waals surface area contributed by atoms with Crippen molar-refractivity contribution in [2.45, 2.75) is 5.33 Å². The summed E-state index contributed by atoms with van der Waals surface area (Å²) in [6.07, 6.45) is 0. The Morgan fingerprint density at radius 2 is 2.19 bits per heavy atom. The van der Waals surface area contributed by atoms with Crippen LogP contribution in [0.5, 0.6) is 0 Å². The van der Waals surface area contributed by atoms with Crippen molar-refractivity contribution in [2.75, 3.05) is 27.2 Å². The zero-order valence-corrected chi connectivity index (χ0v) is 11.3. The van der Waals surface area contributed by atoms with Crippen LogP contribution in [-0.4, -0.2) is 38.0 Å². The smallest absolute Gasteiger partial charge is 0.251 e. The van der Waals surface area contributed by atoms with Crippen molar-refractivity contribution in [1.82, 2.24) is 10.2 Å². The van der Waals surface area contributed by atoms with Gasteiger partial charge in [-0.15, -0.1) is 0 Å². The van der Waals surface area contributed by atoms with Gasteiger partial charge in [0, 0.05) is 24.0 Å². The number of hydrogen-bond donors (Lipinski definition) is 1. The van der Waals surface area contributed by atoms with Gasteiger partial charge >= 0.3 is 0 Å². The summed E-state index contributed by atoms with van der Waals surface area (Å²) in [5, 5.41) is 3.66. The zero-order valence-electron chi connectivity index (χ0n) is 9.66. The SMILES string of the molecule is CN(C)CCNC(=O)c1cccc(CBr)c1. The molecule has 0 aliphatic rings. The molecule has 0 heterocycles. The van der Waals surface area contributed by atoms with Crippen LogP contribution < -0.4 is 5.32 Å². The van der Waals surface area contributed by atoms with Crippen LogP contribution in [0.4, 0.5) is 0 Å². The number of nitrogens with zero attached hydrogens (tertiary/aromatic N) is 1. The second-order valence-corrected chi connectivity index (χ2v) is 4.45. The number of amides is 1. The quantitative estimate of drug-likeness (QED) is 0.838. The molecule has 0 fully saturated rings. The van der Waals surface area contributed by atoms with Gasteiger partial charge in [-0.25, -0.2) is 0 Å². The largest absolute Gasteiger partial charge is 0.351 e. The second kappa shape index (κ2) is 6.66. The summed E-state index contributed by atoms with van der Waals surface area (Å²) in [4.78, 5) is 13.8. The van der Waals surface area contributed by atoms with Gasteiger partial charge in [-0.2, -0.15) is 0 Å². The van der Waals surface area contributed by atoms with E-state index >= 15 is 0 Å². The lowest BCUT2D eigenvalue weighted by Gasteiger charge is -2.10. The van der Waals surface area contributed by atoms with Crippen LogP contribution in [0, 0.1) is 0 Å². The lowest BCUT2D eigenvalue weighted by Crippen LogP contribution is -2.31. The van der Waals surface area contributed by atoms with Crippen LogP contribution in [0.25, 0.3) is 0 Å². The maximum absolute atomic E-state index is 11.7. The third kappa shape index (κ3) is 4.33.